The molecule has 0 radical (unpaired) electrons. The van der Waals surface area contributed by atoms with Crippen LogP contribution >= 0.6 is 0 Å². The molecule has 0 spiro atoms. The van der Waals surface area contributed by atoms with Gasteiger partial charge >= 0.3 is 12.0 Å². The highest BCUT2D eigenvalue weighted by atomic mass is 16.5. The highest BCUT2D eigenvalue weighted by Crippen LogP contribution is 2.10. The van der Waals surface area contributed by atoms with Crippen LogP contribution in [-0.4, -0.2) is 188 Å². The number of nitrogens with two attached hydrogens (primary N) is 1. The molecule has 4 unspecified atom stereocenters. The molecule has 0 heterocycles. The molecule has 0 bridgehead atoms. The second-order valence-corrected chi connectivity index (χ2v) is 16.9. The molecule has 412 valence electrons. The fourth-order valence-electron chi connectivity index (χ4n) is 6.28. The Morgan fingerprint density at radius 2 is 1.06 bits per heavy atom. The number of primary amides is 1. The summed E-state index contributed by atoms with van der Waals surface area (Å²) in [5.74, 6) is -5.14. The molecule has 27 nitrogen and oxygen atoms in total. The Labute approximate surface area is 421 Å². The zero-order valence-corrected chi connectivity index (χ0v) is 42.6. The van der Waals surface area contributed by atoms with Crippen LogP contribution < -0.4 is 43.0 Å². The van der Waals surface area contributed by atoms with Crippen molar-refractivity contribution in [2.45, 2.75) is 117 Å². The molecule has 0 fully saturated rings. The number of ketones is 1. The first kappa shape index (κ1) is 66.3. The van der Waals surface area contributed by atoms with Crippen molar-refractivity contribution >= 4 is 53.2 Å². The monoisotopic (exact) mass is 1030 g/mol. The first-order valence-corrected chi connectivity index (χ1v) is 24.4. The number of azide groups is 1. The second-order valence-electron chi connectivity index (χ2n) is 16.9. The standard InChI is InChI=1S/C45H81N11O16/c1-31(2)40(44(65)54-34(41(62)32(3)4)10-8-15-50-45(46)66)55-43(64)36(11-12-39(60)61)53-38(59)14-20-68-24-28-72-29-25-69-21-17-48-37(58)13-19-67-23-27-71-30-26-70-22-18-49-42(63)35(52-33(5)57)9-6-7-16-51-56-47/h31-32,34-36,40H,6-30H2,1-5H3,(H,48,58)(H,49,63)(H,52,57)(H,53,59)(H,54,65)(H,55,64)(H,60,61)(H3,46,50,66). The van der Waals surface area contributed by atoms with Gasteiger partial charge in [-0.05, 0) is 43.6 Å². The smallest absolute Gasteiger partial charge is 0.312 e. The number of urea groups is 1. The fraction of sp³-hybridized carbons (Fsp3) is 0.800. The van der Waals surface area contributed by atoms with E-state index in [4.69, 9.17) is 39.7 Å². The van der Waals surface area contributed by atoms with Gasteiger partial charge < -0.3 is 76.5 Å². The maximum absolute atomic E-state index is 13.4. The fourth-order valence-corrected chi connectivity index (χ4v) is 6.28. The summed E-state index contributed by atoms with van der Waals surface area (Å²) in [4.78, 5) is 113. The van der Waals surface area contributed by atoms with Crippen molar-refractivity contribution in [3.05, 3.63) is 10.4 Å². The number of carbonyl (C=O) groups excluding carboxylic acids is 8. The first-order chi connectivity index (χ1) is 34.4. The minimum Gasteiger partial charge on any atom is -0.481 e. The molecule has 0 aromatic heterocycles. The largest absolute Gasteiger partial charge is 0.481 e. The summed E-state index contributed by atoms with van der Waals surface area (Å²) in [6.45, 7) is 11.9. The molecule has 0 aromatic rings. The number of nitrogens with one attached hydrogen (secondary N) is 7. The lowest BCUT2D eigenvalue weighted by Crippen LogP contribution is -2.57. The van der Waals surface area contributed by atoms with Crippen molar-refractivity contribution in [1.82, 2.24) is 37.2 Å². The Hall–Kier alpha value is -5.70. The summed E-state index contributed by atoms with van der Waals surface area (Å²) in [7, 11) is 0. The number of unbranched alkanes of at least 4 members (excludes halogenated alkanes) is 1. The number of carboxylic acids is 1. The topological polar surface area (TPSA) is 388 Å². The lowest BCUT2D eigenvalue weighted by atomic mass is 9.96. The van der Waals surface area contributed by atoms with Gasteiger partial charge in [0.15, 0.2) is 5.78 Å². The number of hydrogen-bond acceptors (Lipinski definition) is 16. The van der Waals surface area contributed by atoms with E-state index >= 15 is 0 Å². The number of aliphatic carboxylic acids is 1. The number of nitrogens with zero attached hydrogens (tertiary/aromatic N) is 3. The highest BCUT2D eigenvalue weighted by molar-refractivity contribution is 5.95. The average Bonchev–Trinajstić information content (AvgIpc) is 3.32. The number of amides is 8. The van der Waals surface area contributed by atoms with Crippen molar-refractivity contribution in [3.63, 3.8) is 0 Å². The van der Waals surface area contributed by atoms with E-state index in [0.29, 0.717) is 58.6 Å². The van der Waals surface area contributed by atoms with Gasteiger partial charge in [-0.15, -0.1) is 0 Å². The quantitative estimate of drug-likeness (QED) is 0.0164. The van der Waals surface area contributed by atoms with Gasteiger partial charge in [0.1, 0.15) is 18.1 Å². The number of carboxylic acid groups (broad SMARTS) is 1. The molecule has 0 saturated heterocycles. The van der Waals surface area contributed by atoms with Gasteiger partial charge in [0.2, 0.25) is 35.4 Å². The van der Waals surface area contributed by atoms with E-state index in [1.165, 1.54) is 6.92 Å². The van der Waals surface area contributed by atoms with Crippen LogP contribution in [0, 0.1) is 11.8 Å². The van der Waals surface area contributed by atoms with Crippen molar-refractivity contribution in [1.29, 1.82) is 0 Å². The van der Waals surface area contributed by atoms with E-state index in [0.717, 1.165) is 0 Å². The molecule has 0 aromatic carbocycles. The molecule has 0 aliphatic carbocycles. The minimum absolute atomic E-state index is 0.0216. The third-order valence-corrected chi connectivity index (χ3v) is 10.1. The summed E-state index contributed by atoms with van der Waals surface area (Å²) >= 11 is 0. The third-order valence-electron chi connectivity index (χ3n) is 10.1. The molecule has 0 rings (SSSR count). The SMILES string of the molecule is CC(=O)NC(CCCCN=[N+]=[N-])C(=O)NCCOCCOCCOCCC(=O)NCCOCCOCCOCCC(=O)NC(CCC(=O)O)C(=O)NC(C(=O)NC(CCCNC(N)=O)C(=O)C(C)C)C(C)C. The van der Waals surface area contributed by atoms with Gasteiger partial charge in [-0.1, -0.05) is 39.2 Å². The maximum atomic E-state index is 13.4. The normalized spacial score (nSPS) is 12.7. The van der Waals surface area contributed by atoms with Crippen LogP contribution in [0.2, 0.25) is 0 Å². The van der Waals surface area contributed by atoms with Crippen LogP contribution in [0.3, 0.4) is 0 Å². The van der Waals surface area contributed by atoms with Gasteiger partial charge in [-0.3, -0.25) is 38.4 Å². The summed E-state index contributed by atoms with van der Waals surface area (Å²) in [6.07, 6.45) is 1.51. The Morgan fingerprint density at radius 3 is 1.57 bits per heavy atom. The van der Waals surface area contributed by atoms with Crippen LogP contribution in [0.25, 0.3) is 10.4 Å². The molecule has 72 heavy (non-hydrogen) atoms. The van der Waals surface area contributed by atoms with Gasteiger partial charge in [-0.25, -0.2) is 4.79 Å². The molecular formula is C45H81N11O16. The summed E-state index contributed by atoms with van der Waals surface area (Å²) in [5, 5.41) is 31.0. The zero-order valence-electron chi connectivity index (χ0n) is 42.6. The van der Waals surface area contributed by atoms with Gasteiger partial charge in [-0.2, -0.15) is 0 Å². The number of carbonyl (C=O) groups is 9. The minimum atomic E-state index is -1.28. The van der Waals surface area contributed by atoms with Crippen molar-refractivity contribution in [3.8, 4) is 0 Å². The molecule has 0 saturated carbocycles. The molecule has 27 heteroatoms. The first-order valence-electron chi connectivity index (χ1n) is 24.4. The lowest BCUT2D eigenvalue weighted by molar-refractivity contribution is -0.138. The van der Waals surface area contributed by atoms with Gasteiger partial charge in [0.05, 0.1) is 85.3 Å². The lowest BCUT2D eigenvalue weighted by Gasteiger charge is -2.27. The Bertz CT molecular complexity index is 1670. The van der Waals surface area contributed by atoms with Crippen molar-refractivity contribution in [2.24, 2.45) is 22.7 Å². The highest BCUT2D eigenvalue weighted by Gasteiger charge is 2.32. The van der Waals surface area contributed by atoms with E-state index in [9.17, 15) is 48.3 Å². The van der Waals surface area contributed by atoms with E-state index in [1.807, 2.05) is 0 Å². The number of hydrogen-bond donors (Lipinski definition) is 9. The molecule has 0 aliphatic rings. The van der Waals surface area contributed by atoms with E-state index in [-0.39, 0.29) is 122 Å². The Morgan fingerprint density at radius 1 is 0.542 bits per heavy atom. The second kappa shape index (κ2) is 42.9. The maximum Gasteiger partial charge on any atom is 0.312 e. The van der Waals surface area contributed by atoms with Crippen LogP contribution in [0.1, 0.15) is 92.4 Å². The predicted octanol–water partition coefficient (Wildman–Crippen LogP) is -0.267. The van der Waals surface area contributed by atoms with E-state index < -0.39 is 72.1 Å². The molecule has 4 atom stereocenters. The van der Waals surface area contributed by atoms with Crippen LogP contribution in [0.5, 0.6) is 0 Å². The summed E-state index contributed by atoms with van der Waals surface area (Å²) < 4.78 is 32.7. The molecule has 10 N–H and O–H groups in total. The van der Waals surface area contributed by atoms with E-state index in [2.05, 4.69) is 47.2 Å². The van der Waals surface area contributed by atoms with E-state index in [1.54, 1.807) is 27.7 Å². The summed E-state index contributed by atoms with van der Waals surface area (Å²) in [5.41, 5.74) is 13.4. The van der Waals surface area contributed by atoms with Crippen molar-refractivity contribution in [2.75, 3.05) is 105 Å². The molecule has 8 amide bonds. The average molecular weight is 1030 g/mol. The van der Waals surface area contributed by atoms with Crippen LogP contribution in [0.15, 0.2) is 5.11 Å². The summed E-state index contributed by atoms with van der Waals surface area (Å²) in [6, 6.07) is -4.71. The number of ether oxygens (including phenoxy) is 6. The zero-order chi connectivity index (χ0) is 53.9. The van der Waals surface area contributed by atoms with Gasteiger partial charge in [0, 0.05) is 63.2 Å². The van der Waals surface area contributed by atoms with Crippen LogP contribution in [-0.2, 0) is 66.8 Å². The third kappa shape index (κ3) is 37.1. The number of Topliss-reactive ketones (excluding diaryl/α,β-unsaturated/α-hetero) is 1. The number of rotatable bonds is 46. The molecule has 0 aliphatic heterocycles. The Balaban J connectivity index is 4.21. The van der Waals surface area contributed by atoms with Crippen molar-refractivity contribution < 1.29 is 76.7 Å². The Kier molecular flexibility index (Phi) is 39.5. The predicted molar refractivity (Wildman–Crippen MR) is 260 cm³/mol. The molecular weight excluding hydrogens is 951 g/mol. The van der Waals surface area contributed by atoms with Crippen LogP contribution in [0.4, 0.5) is 4.79 Å². The van der Waals surface area contributed by atoms with Gasteiger partial charge in [0.25, 0.3) is 0 Å².